The molecule has 1 aromatic carbocycles. The first-order chi connectivity index (χ1) is 9.02. The van der Waals surface area contributed by atoms with Crippen LogP contribution in [0.15, 0.2) is 17.3 Å². The van der Waals surface area contributed by atoms with E-state index in [-0.39, 0.29) is 10.6 Å². The lowest BCUT2D eigenvalue weighted by Gasteiger charge is -2.27. The quantitative estimate of drug-likeness (QED) is 0.491. The number of carbonyl (C=O) groups excluding carboxylic acids is 1. The SMILES string of the molecule is O=C(c1cc(F)c(Cl)cc1F)N1CCC(=NO)CC1. The van der Waals surface area contributed by atoms with Gasteiger partial charge in [0.1, 0.15) is 11.6 Å². The second-order valence-electron chi connectivity index (χ2n) is 4.20. The molecule has 0 saturated carbocycles. The molecule has 0 unspecified atom stereocenters. The highest BCUT2D eigenvalue weighted by Crippen LogP contribution is 2.21. The van der Waals surface area contributed by atoms with Crippen molar-refractivity contribution in [3.8, 4) is 0 Å². The smallest absolute Gasteiger partial charge is 0.256 e. The van der Waals surface area contributed by atoms with E-state index in [9.17, 15) is 13.6 Å². The van der Waals surface area contributed by atoms with Crippen molar-refractivity contribution in [1.82, 2.24) is 4.90 Å². The Labute approximate surface area is 113 Å². The Morgan fingerprint density at radius 1 is 1.26 bits per heavy atom. The first-order valence-electron chi connectivity index (χ1n) is 5.66. The third kappa shape index (κ3) is 2.84. The number of benzene rings is 1. The summed E-state index contributed by atoms with van der Waals surface area (Å²) in [5.41, 5.74) is 0.248. The highest BCUT2D eigenvalue weighted by Gasteiger charge is 2.24. The van der Waals surface area contributed by atoms with Crippen LogP contribution in [0.4, 0.5) is 8.78 Å². The summed E-state index contributed by atoms with van der Waals surface area (Å²) in [4.78, 5) is 13.4. The largest absolute Gasteiger partial charge is 0.411 e. The number of oxime groups is 1. The summed E-state index contributed by atoms with van der Waals surface area (Å²) in [5.74, 6) is -2.27. The Kier molecular flexibility index (Phi) is 3.99. The molecular formula is C12H11ClF2N2O2. The highest BCUT2D eigenvalue weighted by molar-refractivity contribution is 6.30. The maximum atomic E-state index is 13.6. The van der Waals surface area contributed by atoms with Crippen molar-refractivity contribution < 1.29 is 18.8 Å². The van der Waals surface area contributed by atoms with Crippen LogP contribution in [0.2, 0.25) is 5.02 Å². The molecule has 1 aliphatic heterocycles. The lowest BCUT2D eigenvalue weighted by Crippen LogP contribution is -2.39. The van der Waals surface area contributed by atoms with Gasteiger partial charge in [0, 0.05) is 25.9 Å². The van der Waals surface area contributed by atoms with Gasteiger partial charge in [0.05, 0.1) is 16.3 Å². The number of likely N-dealkylation sites (tertiary alicyclic amines) is 1. The van der Waals surface area contributed by atoms with Gasteiger partial charge in [-0.3, -0.25) is 4.79 Å². The van der Waals surface area contributed by atoms with Crippen LogP contribution in [0.25, 0.3) is 0 Å². The molecule has 0 aliphatic carbocycles. The fourth-order valence-corrected chi connectivity index (χ4v) is 2.08. The van der Waals surface area contributed by atoms with E-state index in [2.05, 4.69) is 5.16 Å². The lowest BCUT2D eigenvalue weighted by atomic mass is 10.1. The minimum atomic E-state index is -0.849. The van der Waals surface area contributed by atoms with Crippen molar-refractivity contribution in [1.29, 1.82) is 0 Å². The van der Waals surface area contributed by atoms with Gasteiger partial charge >= 0.3 is 0 Å². The summed E-state index contributed by atoms with van der Waals surface area (Å²) in [6, 6.07) is 1.59. The number of carbonyl (C=O) groups is 1. The molecule has 1 heterocycles. The molecule has 1 aliphatic rings. The molecule has 7 heteroatoms. The summed E-state index contributed by atoms with van der Waals surface area (Å²) in [6.45, 7) is 0.615. The summed E-state index contributed by atoms with van der Waals surface area (Å²) >= 11 is 5.43. The zero-order chi connectivity index (χ0) is 14.0. The van der Waals surface area contributed by atoms with Crippen LogP contribution in [-0.4, -0.2) is 34.8 Å². The van der Waals surface area contributed by atoms with Crippen molar-refractivity contribution in [3.05, 3.63) is 34.4 Å². The third-order valence-corrected chi connectivity index (χ3v) is 3.30. The van der Waals surface area contributed by atoms with Crippen molar-refractivity contribution in [2.24, 2.45) is 5.16 Å². The molecule has 102 valence electrons. The average Bonchev–Trinajstić information content (AvgIpc) is 2.42. The second-order valence-corrected chi connectivity index (χ2v) is 4.61. The van der Waals surface area contributed by atoms with Crippen LogP contribution in [0.5, 0.6) is 0 Å². The van der Waals surface area contributed by atoms with Crippen LogP contribution in [0.1, 0.15) is 23.2 Å². The maximum Gasteiger partial charge on any atom is 0.256 e. The fourth-order valence-electron chi connectivity index (χ4n) is 1.92. The molecule has 19 heavy (non-hydrogen) atoms. The van der Waals surface area contributed by atoms with E-state index >= 15 is 0 Å². The Hall–Kier alpha value is -1.69. The van der Waals surface area contributed by atoms with Crippen molar-refractivity contribution in [2.45, 2.75) is 12.8 Å². The topological polar surface area (TPSA) is 52.9 Å². The number of hydrogen-bond donors (Lipinski definition) is 1. The van der Waals surface area contributed by atoms with Gasteiger partial charge in [0.2, 0.25) is 0 Å². The number of rotatable bonds is 1. The summed E-state index contributed by atoms with van der Waals surface area (Å²) < 4.78 is 26.9. The van der Waals surface area contributed by atoms with E-state index in [0.717, 1.165) is 12.1 Å². The van der Waals surface area contributed by atoms with Gasteiger partial charge in [-0.2, -0.15) is 0 Å². The first-order valence-corrected chi connectivity index (χ1v) is 6.04. The second kappa shape index (κ2) is 5.52. The number of halogens is 3. The van der Waals surface area contributed by atoms with Gasteiger partial charge < -0.3 is 10.1 Å². The number of nitrogens with zero attached hydrogens (tertiary/aromatic N) is 2. The number of piperidine rings is 1. The van der Waals surface area contributed by atoms with Crippen molar-refractivity contribution in [2.75, 3.05) is 13.1 Å². The normalized spacial score (nSPS) is 15.5. The maximum absolute atomic E-state index is 13.6. The molecule has 0 aromatic heterocycles. The summed E-state index contributed by atoms with van der Waals surface area (Å²) in [6.07, 6.45) is 0.833. The molecule has 2 rings (SSSR count). The number of amides is 1. The van der Waals surface area contributed by atoms with E-state index in [1.165, 1.54) is 4.90 Å². The Balaban J connectivity index is 2.19. The van der Waals surface area contributed by atoms with Gasteiger partial charge in [0.15, 0.2) is 0 Å². The van der Waals surface area contributed by atoms with Crippen LogP contribution in [0, 0.1) is 11.6 Å². The monoisotopic (exact) mass is 288 g/mol. The van der Waals surface area contributed by atoms with E-state index in [4.69, 9.17) is 16.8 Å². The number of hydrogen-bond acceptors (Lipinski definition) is 3. The molecule has 0 bridgehead atoms. The Morgan fingerprint density at radius 3 is 2.47 bits per heavy atom. The van der Waals surface area contributed by atoms with Gasteiger partial charge in [-0.05, 0) is 12.1 Å². The van der Waals surface area contributed by atoms with E-state index in [1.54, 1.807) is 0 Å². The van der Waals surface area contributed by atoms with Gasteiger partial charge in [-0.25, -0.2) is 8.78 Å². The van der Waals surface area contributed by atoms with E-state index in [0.29, 0.717) is 31.6 Å². The van der Waals surface area contributed by atoms with Crippen LogP contribution < -0.4 is 0 Å². The molecule has 1 aromatic rings. The van der Waals surface area contributed by atoms with Gasteiger partial charge in [0.25, 0.3) is 5.91 Å². The van der Waals surface area contributed by atoms with Gasteiger partial charge in [-0.15, -0.1) is 0 Å². The minimum Gasteiger partial charge on any atom is -0.411 e. The molecule has 0 radical (unpaired) electrons. The van der Waals surface area contributed by atoms with Crippen molar-refractivity contribution in [3.63, 3.8) is 0 Å². The minimum absolute atomic E-state index is 0.307. The van der Waals surface area contributed by atoms with Crippen LogP contribution in [0.3, 0.4) is 0 Å². The zero-order valence-electron chi connectivity index (χ0n) is 9.87. The summed E-state index contributed by atoms with van der Waals surface area (Å²) in [5, 5.41) is 11.3. The highest BCUT2D eigenvalue weighted by atomic mass is 35.5. The Bertz CT molecular complexity index is 539. The molecule has 4 nitrogen and oxygen atoms in total. The average molecular weight is 289 g/mol. The molecule has 1 saturated heterocycles. The molecule has 0 spiro atoms. The lowest BCUT2D eigenvalue weighted by molar-refractivity contribution is 0.0748. The molecule has 1 N–H and O–H groups in total. The molecule has 0 atom stereocenters. The molecular weight excluding hydrogens is 278 g/mol. The van der Waals surface area contributed by atoms with E-state index in [1.807, 2.05) is 0 Å². The fraction of sp³-hybridized carbons (Fsp3) is 0.333. The molecule has 1 fully saturated rings. The standard InChI is InChI=1S/C12H11ClF2N2O2/c13-9-6-10(14)8(5-11(9)15)12(18)17-3-1-7(16-19)2-4-17/h5-6,19H,1-4H2. The molecule has 1 amide bonds. The van der Waals surface area contributed by atoms with Crippen molar-refractivity contribution >= 4 is 23.2 Å². The predicted octanol–water partition coefficient (Wildman–Crippen LogP) is 2.68. The van der Waals surface area contributed by atoms with Crippen LogP contribution in [-0.2, 0) is 0 Å². The predicted molar refractivity (Wildman–Crippen MR) is 65.7 cm³/mol. The zero-order valence-corrected chi connectivity index (χ0v) is 10.6. The summed E-state index contributed by atoms with van der Waals surface area (Å²) in [7, 11) is 0. The van der Waals surface area contributed by atoms with Gasteiger partial charge in [-0.1, -0.05) is 16.8 Å². The van der Waals surface area contributed by atoms with E-state index < -0.39 is 17.5 Å². The first kappa shape index (κ1) is 13.7. The van der Waals surface area contributed by atoms with Crippen LogP contribution >= 0.6 is 11.6 Å². The third-order valence-electron chi connectivity index (χ3n) is 3.01. The Morgan fingerprint density at radius 2 is 1.89 bits per heavy atom.